The molecule has 1 fully saturated rings. The van der Waals surface area contributed by atoms with Crippen LogP contribution in [0.2, 0.25) is 0 Å². The fourth-order valence-electron chi connectivity index (χ4n) is 4.29. The van der Waals surface area contributed by atoms with Gasteiger partial charge in [0.05, 0.1) is 5.75 Å². The van der Waals surface area contributed by atoms with Crippen LogP contribution in [0.1, 0.15) is 64.2 Å². The monoisotopic (exact) mass is 472 g/mol. The molecule has 34 heavy (non-hydrogen) atoms. The zero-order chi connectivity index (χ0) is 24.1. The van der Waals surface area contributed by atoms with E-state index >= 15 is 0 Å². The molecule has 0 radical (unpaired) electrons. The van der Waals surface area contributed by atoms with Crippen LogP contribution in [0, 0.1) is 13.8 Å². The van der Waals surface area contributed by atoms with Crippen LogP contribution in [-0.2, 0) is 11.2 Å². The van der Waals surface area contributed by atoms with Crippen LogP contribution in [0.25, 0.3) is 0 Å². The highest BCUT2D eigenvalue weighted by Gasteiger charge is 2.35. The second kappa shape index (κ2) is 10.9. The predicted molar refractivity (Wildman–Crippen MR) is 143 cm³/mol. The van der Waals surface area contributed by atoms with Crippen LogP contribution >= 0.6 is 11.8 Å². The lowest BCUT2D eigenvalue weighted by molar-refractivity contribution is -0.115. The van der Waals surface area contributed by atoms with Crippen LogP contribution in [0.4, 0.5) is 11.4 Å². The highest BCUT2D eigenvalue weighted by molar-refractivity contribution is 8.00. The van der Waals surface area contributed by atoms with Crippen LogP contribution in [0.3, 0.4) is 0 Å². The van der Waals surface area contributed by atoms with Crippen molar-refractivity contribution >= 4 is 35.0 Å². The topological polar surface area (TPSA) is 49.4 Å². The van der Waals surface area contributed by atoms with Gasteiger partial charge in [-0.3, -0.25) is 14.5 Å². The minimum Gasteiger partial charge on any atom is -0.322 e. The van der Waals surface area contributed by atoms with Crippen molar-refractivity contribution in [2.24, 2.45) is 0 Å². The summed E-state index contributed by atoms with van der Waals surface area (Å²) in [7, 11) is 0. The van der Waals surface area contributed by atoms with Crippen LogP contribution in [0.15, 0.2) is 66.7 Å². The van der Waals surface area contributed by atoms with E-state index in [-0.39, 0.29) is 17.2 Å². The number of amides is 2. The summed E-state index contributed by atoms with van der Waals surface area (Å²) in [6.07, 6.45) is 4.65. The Morgan fingerprint density at radius 3 is 2.59 bits per heavy atom. The molecule has 4 rings (SSSR count). The third-order valence-corrected chi connectivity index (χ3v) is 7.42. The number of anilines is 2. The van der Waals surface area contributed by atoms with E-state index in [1.54, 1.807) is 11.8 Å². The highest BCUT2D eigenvalue weighted by Crippen LogP contribution is 2.43. The first-order valence-corrected chi connectivity index (χ1v) is 13.0. The van der Waals surface area contributed by atoms with Crippen molar-refractivity contribution in [3.63, 3.8) is 0 Å². The van der Waals surface area contributed by atoms with Gasteiger partial charge in [-0.2, -0.15) is 0 Å². The number of hydrogen-bond donors (Lipinski definition) is 1. The molecular weight excluding hydrogens is 440 g/mol. The first-order valence-electron chi connectivity index (χ1n) is 12.0. The van der Waals surface area contributed by atoms with Gasteiger partial charge in [-0.1, -0.05) is 56.2 Å². The van der Waals surface area contributed by atoms with Crippen molar-refractivity contribution in [1.82, 2.24) is 0 Å². The van der Waals surface area contributed by atoms with Crippen molar-refractivity contribution in [1.29, 1.82) is 0 Å². The van der Waals surface area contributed by atoms with E-state index in [2.05, 4.69) is 30.4 Å². The lowest BCUT2D eigenvalue weighted by Gasteiger charge is -2.26. The lowest BCUT2D eigenvalue weighted by Crippen LogP contribution is -2.28. The molecule has 1 heterocycles. The number of aryl methyl sites for hydroxylation is 3. The normalized spacial score (nSPS) is 15.6. The standard InChI is InChI=1S/C29H32N2O2S/c1-4-5-6-8-22-13-15-23(16-14-22)28(33)30-25-10-7-9-24(18-25)29-31(27(32)19-34-29)26-17-20(2)11-12-21(26)3/h7,9-18,29H,4-6,8,19H2,1-3H3,(H,30,33). The maximum absolute atomic E-state index is 12.9. The summed E-state index contributed by atoms with van der Waals surface area (Å²) < 4.78 is 0. The van der Waals surface area contributed by atoms with Crippen molar-refractivity contribution in [3.05, 3.63) is 94.5 Å². The smallest absolute Gasteiger partial charge is 0.255 e. The molecule has 1 aliphatic rings. The second-order valence-electron chi connectivity index (χ2n) is 8.95. The first-order chi connectivity index (χ1) is 16.5. The van der Waals surface area contributed by atoms with E-state index < -0.39 is 0 Å². The van der Waals surface area contributed by atoms with Crippen LogP contribution in [0.5, 0.6) is 0 Å². The number of nitrogens with zero attached hydrogens (tertiary/aromatic N) is 1. The number of rotatable bonds is 8. The highest BCUT2D eigenvalue weighted by atomic mass is 32.2. The van der Waals surface area contributed by atoms with Gasteiger partial charge in [-0.05, 0) is 79.3 Å². The summed E-state index contributed by atoms with van der Waals surface area (Å²) in [6.45, 7) is 6.28. The lowest BCUT2D eigenvalue weighted by atomic mass is 10.0. The molecular formula is C29H32N2O2S. The Labute approximate surface area is 206 Å². The fourth-order valence-corrected chi connectivity index (χ4v) is 5.44. The zero-order valence-corrected chi connectivity index (χ0v) is 21.0. The summed E-state index contributed by atoms with van der Waals surface area (Å²) in [5.41, 5.74) is 6.80. The molecule has 1 atom stereocenters. The Morgan fingerprint density at radius 1 is 1.03 bits per heavy atom. The van der Waals surface area contributed by atoms with Crippen molar-refractivity contribution in [2.75, 3.05) is 16.0 Å². The quantitative estimate of drug-likeness (QED) is 0.357. The summed E-state index contributed by atoms with van der Waals surface area (Å²) in [5, 5.41) is 2.91. The molecule has 2 amide bonds. The number of thioether (sulfide) groups is 1. The molecule has 176 valence electrons. The molecule has 0 saturated carbocycles. The molecule has 4 nitrogen and oxygen atoms in total. The van der Waals surface area contributed by atoms with Gasteiger partial charge in [0, 0.05) is 16.9 Å². The van der Waals surface area contributed by atoms with Gasteiger partial charge >= 0.3 is 0 Å². The summed E-state index contributed by atoms with van der Waals surface area (Å²) in [5.74, 6) is 0.426. The number of unbranched alkanes of at least 4 members (excludes halogenated alkanes) is 2. The average molecular weight is 473 g/mol. The van der Waals surface area contributed by atoms with E-state index in [0.717, 1.165) is 34.5 Å². The first kappa shape index (κ1) is 24.1. The molecule has 0 aromatic heterocycles. The van der Waals surface area contributed by atoms with E-state index in [0.29, 0.717) is 11.3 Å². The van der Waals surface area contributed by atoms with Crippen LogP contribution < -0.4 is 10.2 Å². The molecule has 1 aliphatic heterocycles. The molecule has 0 spiro atoms. The van der Waals surface area contributed by atoms with E-state index in [4.69, 9.17) is 0 Å². The largest absolute Gasteiger partial charge is 0.322 e. The molecule has 1 unspecified atom stereocenters. The van der Waals surface area contributed by atoms with Crippen molar-refractivity contribution in [3.8, 4) is 0 Å². The minimum atomic E-state index is -0.126. The molecule has 3 aromatic rings. The fraction of sp³-hybridized carbons (Fsp3) is 0.310. The Morgan fingerprint density at radius 2 is 1.82 bits per heavy atom. The number of carbonyl (C=O) groups is 2. The third kappa shape index (κ3) is 5.53. The Bertz CT molecular complexity index is 1170. The predicted octanol–water partition coefficient (Wildman–Crippen LogP) is 7.07. The third-order valence-electron chi connectivity index (χ3n) is 6.21. The number of nitrogens with one attached hydrogen (secondary N) is 1. The number of carbonyl (C=O) groups excluding carboxylic acids is 2. The summed E-state index contributed by atoms with van der Waals surface area (Å²) in [6, 6.07) is 21.9. The zero-order valence-electron chi connectivity index (χ0n) is 20.1. The molecule has 0 aliphatic carbocycles. The van der Waals surface area contributed by atoms with Crippen LogP contribution in [-0.4, -0.2) is 17.6 Å². The molecule has 1 N–H and O–H groups in total. The summed E-state index contributed by atoms with van der Waals surface area (Å²) >= 11 is 1.62. The Hall–Kier alpha value is -3.05. The van der Waals surface area contributed by atoms with Crippen molar-refractivity contribution in [2.45, 2.75) is 51.8 Å². The van der Waals surface area contributed by atoms with Gasteiger partial charge in [0.15, 0.2) is 0 Å². The molecule has 3 aromatic carbocycles. The van der Waals surface area contributed by atoms with Gasteiger partial charge in [-0.25, -0.2) is 0 Å². The maximum Gasteiger partial charge on any atom is 0.255 e. The maximum atomic E-state index is 12.9. The summed E-state index contributed by atoms with van der Waals surface area (Å²) in [4.78, 5) is 27.6. The Kier molecular flexibility index (Phi) is 7.73. The van der Waals surface area contributed by atoms with Gasteiger partial charge in [0.25, 0.3) is 5.91 Å². The van der Waals surface area contributed by atoms with Crippen molar-refractivity contribution < 1.29 is 9.59 Å². The van der Waals surface area contributed by atoms with Gasteiger partial charge in [0.1, 0.15) is 5.37 Å². The number of benzene rings is 3. The minimum absolute atomic E-state index is 0.108. The SMILES string of the molecule is CCCCCc1ccc(C(=O)Nc2cccc(C3SCC(=O)N3c3cc(C)ccc3C)c2)cc1. The Balaban J connectivity index is 1.50. The van der Waals surface area contributed by atoms with E-state index in [1.165, 1.54) is 24.8 Å². The second-order valence-corrected chi connectivity index (χ2v) is 10.0. The van der Waals surface area contributed by atoms with Gasteiger partial charge < -0.3 is 5.32 Å². The van der Waals surface area contributed by atoms with Gasteiger partial charge in [-0.15, -0.1) is 11.8 Å². The molecule has 0 bridgehead atoms. The molecule has 1 saturated heterocycles. The number of hydrogen-bond acceptors (Lipinski definition) is 3. The van der Waals surface area contributed by atoms with E-state index in [9.17, 15) is 9.59 Å². The van der Waals surface area contributed by atoms with Gasteiger partial charge in [0.2, 0.25) is 5.91 Å². The average Bonchev–Trinajstić information content (AvgIpc) is 3.22. The van der Waals surface area contributed by atoms with E-state index in [1.807, 2.05) is 67.3 Å². The molecule has 5 heteroatoms.